The summed E-state index contributed by atoms with van der Waals surface area (Å²) in [5.74, 6) is 0. The molecule has 122 valence electrons. The van der Waals surface area contributed by atoms with Crippen molar-refractivity contribution in [2.24, 2.45) is 0 Å². The van der Waals surface area contributed by atoms with Crippen LogP contribution in [0.3, 0.4) is 0 Å². The molecule has 0 fully saturated rings. The van der Waals surface area contributed by atoms with Gasteiger partial charge in [0.1, 0.15) is 0 Å². The van der Waals surface area contributed by atoms with Crippen molar-refractivity contribution in [3.05, 3.63) is 96.6 Å². The van der Waals surface area contributed by atoms with Crippen molar-refractivity contribution in [1.82, 2.24) is 0 Å². The Kier molecular flexibility index (Phi) is 4.35. The summed E-state index contributed by atoms with van der Waals surface area (Å²) in [6.07, 6.45) is 2.26. The van der Waals surface area contributed by atoms with Crippen LogP contribution in [0.4, 0.5) is 0 Å². The Balaban J connectivity index is 2.11. The maximum Gasteiger partial charge on any atom is -0.00266 e. The van der Waals surface area contributed by atoms with E-state index in [2.05, 4.69) is 97.9 Å². The molecule has 4 rings (SSSR count). The summed E-state index contributed by atoms with van der Waals surface area (Å²) in [6.45, 7) is 2.25. The number of rotatable bonds is 4. The van der Waals surface area contributed by atoms with E-state index in [9.17, 15) is 0 Å². The third-order valence-corrected chi connectivity index (χ3v) is 4.80. The molecule has 0 nitrogen and oxygen atoms in total. The van der Waals surface area contributed by atoms with Gasteiger partial charge < -0.3 is 0 Å². The fraction of sp³-hybridized carbons (Fsp3) is 0.120. The molecule has 0 heterocycles. The molecule has 0 aromatic heterocycles. The SMILES string of the molecule is CCCc1cc(-c2ccccc2)c(-c2ccccc2)c2ccccc12. The Morgan fingerprint density at radius 3 is 1.80 bits per heavy atom. The van der Waals surface area contributed by atoms with E-state index in [0.717, 1.165) is 12.8 Å². The molecule has 0 N–H and O–H groups in total. The van der Waals surface area contributed by atoms with Gasteiger partial charge in [-0.3, -0.25) is 0 Å². The van der Waals surface area contributed by atoms with Crippen LogP contribution < -0.4 is 0 Å². The molecule has 0 heteroatoms. The molecule has 0 unspecified atom stereocenters. The van der Waals surface area contributed by atoms with E-state index in [4.69, 9.17) is 0 Å². The van der Waals surface area contributed by atoms with E-state index in [1.54, 1.807) is 0 Å². The third kappa shape index (κ3) is 2.96. The lowest BCUT2D eigenvalue weighted by molar-refractivity contribution is 0.930. The Bertz CT molecular complexity index is 982. The second kappa shape index (κ2) is 6.94. The highest BCUT2D eigenvalue weighted by atomic mass is 14.2. The second-order valence-electron chi connectivity index (χ2n) is 6.49. The van der Waals surface area contributed by atoms with Crippen molar-refractivity contribution in [3.8, 4) is 22.3 Å². The number of aryl methyl sites for hydroxylation is 1. The van der Waals surface area contributed by atoms with Crippen molar-refractivity contribution in [1.29, 1.82) is 0 Å². The van der Waals surface area contributed by atoms with Gasteiger partial charge in [-0.15, -0.1) is 0 Å². The molecule has 4 aromatic carbocycles. The molecule has 4 aromatic rings. The van der Waals surface area contributed by atoms with Crippen LogP contribution >= 0.6 is 0 Å². The van der Waals surface area contributed by atoms with Crippen LogP contribution in [0.5, 0.6) is 0 Å². The summed E-state index contributed by atoms with van der Waals surface area (Å²) in [5.41, 5.74) is 6.66. The number of hydrogen-bond acceptors (Lipinski definition) is 0. The number of benzene rings is 4. The minimum Gasteiger partial charge on any atom is -0.0651 e. The van der Waals surface area contributed by atoms with Gasteiger partial charge in [-0.05, 0) is 51.1 Å². The first-order chi connectivity index (χ1) is 12.4. The first kappa shape index (κ1) is 15.7. The van der Waals surface area contributed by atoms with Crippen LogP contribution in [0.25, 0.3) is 33.0 Å². The van der Waals surface area contributed by atoms with Crippen molar-refractivity contribution < 1.29 is 0 Å². The van der Waals surface area contributed by atoms with Gasteiger partial charge in [-0.25, -0.2) is 0 Å². The molecule has 0 atom stereocenters. The summed E-state index contributed by atoms with van der Waals surface area (Å²) in [7, 11) is 0. The Labute approximate surface area is 149 Å². The lowest BCUT2D eigenvalue weighted by atomic mass is 9.86. The minimum absolute atomic E-state index is 1.11. The molecule has 0 bridgehead atoms. The van der Waals surface area contributed by atoms with E-state index in [0.29, 0.717) is 0 Å². The molecule has 0 spiro atoms. The third-order valence-electron chi connectivity index (χ3n) is 4.80. The van der Waals surface area contributed by atoms with Gasteiger partial charge in [0, 0.05) is 0 Å². The molecule has 0 aliphatic carbocycles. The standard InChI is InChI=1S/C25H22/c1-2-11-21-18-24(19-12-5-3-6-13-19)25(20-14-7-4-8-15-20)23-17-10-9-16-22(21)23/h3-10,12-18H,2,11H2,1H3. The van der Waals surface area contributed by atoms with Crippen LogP contribution in [0, 0.1) is 0 Å². The predicted molar refractivity (Wildman–Crippen MR) is 109 cm³/mol. The molecule has 0 saturated carbocycles. The van der Waals surface area contributed by atoms with Gasteiger partial charge in [-0.2, -0.15) is 0 Å². The van der Waals surface area contributed by atoms with Crippen molar-refractivity contribution in [2.45, 2.75) is 19.8 Å². The molecule has 0 saturated heterocycles. The number of hydrogen-bond donors (Lipinski definition) is 0. The first-order valence-electron chi connectivity index (χ1n) is 9.04. The lowest BCUT2D eigenvalue weighted by Crippen LogP contribution is -1.93. The Hall–Kier alpha value is -2.86. The zero-order valence-corrected chi connectivity index (χ0v) is 14.6. The smallest absolute Gasteiger partial charge is 0.00266 e. The molecular formula is C25H22. The average molecular weight is 322 g/mol. The summed E-state index contributed by atoms with van der Waals surface area (Å²) in [6, 6.07) is 32.8. The Morgan fingerprint density at radius 2 is 1.16 bits per heavy atom. The topological polar surface area (TPSA) is 0 Å². The van der Waals surface area contributed by atoms with Crippen LogP contribution in [-0.4, -0.2) is 0 Å². The average Bonchev–Trinajstić information content (AvgIpc) is 2.69. The highest BCUT2D eigenvalue weighted by Crippen LogP contribution is 2.40. The molecule has 0 amide bonds. The van der Waals surface area contributed by atoms with E-state index >= 15 is 0 Å². The van der Waals surface area contributed by atoms with Crippen LogP contribution in [0.1, 0.15) is 18.9 Å². The van der Waals surface area contributed by atoms with Crippen LogP contribution in [-0.2, 0) is 6.42 Å². The highest BCUT2D eigenvalue weighted by Gasteiger charge is 2.14. The quantitative estimate of drug-likeness (QED) is 0.375. The highest BCUT2D eigenvalue weighted by molar-refractivity contribution is 6.05. The van der Waals surface area contributed by atoms with Crippen molar-refractivity contribution in [2.75, 3.05) is 0 Å². The molecule has 25 heavy (non-hydrogen) atoms. The molecule has 0 aliphatic rings. The van der Waals surface area contributed by atoms with E-state index < -0.39 is 0 Å². The first-order valence-corrected chi connectivity index (χ1v) is 9.04. The number of fused-ring (bicyclic) bond motifs is 1. The lowest BCUT2D eigenvalue weighted by Gasteiger charge is -2.17. The van der Waals surface area contributed by atoms with E-state index in [-0.39, 0.29) is 0 Å². The molecular weight excluding hydrogens is 300 g/mol. The van der Waals surface area contributed by atoms with Gasteiger partial charge in [0.05, 0.1) is 0 Å². The van der Waals surface area contributed by atoms with Crippen LogP contribution in [0.2, 0.25) is 0 Å². The van der Waals surface area contributed by atoms with Crippen molar-refractivity contribution >= 4 is 10.8 Å². The largest absolute Gasteiger partial charge is 0.0651 e. The predicted octanol–water partition coefficient (Wildman–Crippen LogP) is 7.13. The van der Waals surface area contributed by atoms with Gasteiger partial charge in [0.25, 0.3) is 0 Å². The van der Waals surface area contributed by atoms with Gasteiger partial charge in [-0.1, -0.05) is 98.3 Å². The normalized spacial score (nSPS) is 10.9. The summed E-state index contributed by atoms with van der Waals surface area (Å²) in [5, 5.41) is 2.72. The van der Waals surface area contributed by atoms with Crippen LogP contribution in [0.15, 0.2) is 91.0 Å². The van der Waals surface area contributed by atoms with E-state index in [1.807, 2.05) is 0 Å². The summed E-state index contributed by atoms with van der Waals surface area (Å²) in [4.78, 5) is 0. The van der Waals surface area contributed by atoms with Gasteiger partial charge >= 0.3 is 0 Å². The summed E-state index contributed by atoms with van der Waals surface area (Å²) < 4.78 is 0. The maximum atomic E-state index is 2.41. The maximum absolute atomic E-state index is 2.41. The van der Waals surface area contributed by atoms with E-state index in [1.165, 1.54) is 38.6 Å². The zero-order chi connectivity index (χ0) is 17.1. The molecule has 0 aliphatic heterocycles. The Morgan fingerprint density at radius 1 is 0.600 bits per heavy atom. The van der Waals surface area contributed by atoms with Gasteiger partial charge in [0.2, 0.25) is 0 Å². The minimum atomic E-state index is 1.11. The zero-order valence-electron chi connectivity index (χ0n) is 14.6. The monoisotopic (exact) mass is 322 g/mol. The molecule has 0 radical (unpaired) electrons. The second-order valence-corrected chi connectivity index (χ2v) is 6.49. The van der Waals surface area contributed by atoms with Gasteiger partial charge in [0.15, 0.2) is 0 Å². The fourth-order valence-corrected chi connectivity index (χ4v) is 3.69. The van der Waals surface area contributed by atoms with Crippen molar-refractivity contribution in [3.63, 3.8) is 0 Å². The summed E-state index contributed by atoms with van der Waals surface area (Å²) >= 11 is 0. The fourth-order valence-electron chi connectivity index (χ4n) is 3.69.